The normalized spacial score (nSPS) is 16.2. The molecule has 0 heterocycles. The van der Waals surface area contributed by atoms with E-state index in [0.717, 1.165) is 17.1 Å². The van der Waals surface area contributed by atoms with Crippen molar-refractivity contribution in [2.75, 3.05) is 14.2 Å². The number of methoxy groups -OCH3 is 2. The Morgan fingerprint density at radius 3 is 2.44 bits per heavy atom. The molecule has 0 aliphatic heterocycles. The Morgan fingerprint density at radius 2 is 1.94 bits per heavy atom. The van der Waals surface area contributed by atoms with Crippen LogP contribution in [0, 0.1) is 5.92 Å². The molecule has 1 aliphatic carbocycles. The van der Waals surface area contributed by atoms with Crippen molar-refractivity contribution < 1.29 is 9.47 Å². The first-order valence-corrected chi connectivity index (χ1v) is 5.24. The zero-order valence-corrected chi connectivity index (χ0v) is 10.4. The van der Waals surface area contributed by atoms with Crippen molar-refractivity contribution in [1.29, 1.82) is 0 Å². The van der Waals surface area contributed by atoms with E-state index in [2.05, 4.69) is 0 Å². The van der Waals surface area contributed by atoms with Crippen molar-refractivity contribution in [3.05, 3.63) is 23.8 Å². The molecule has 4 heteroatoms. The van der Waals surface area contributed by atoms with Gasteiger partial charge in [0, 0.05) is 11.6 Å². The molecular formula is C12H18ClNO2. The summed E-state index contributed by atoms with van der Waals surface area (Å²) in [4.78, 5) is 0. The molecule has 1 saturated carbocycles. The molecule has 1 aliphatic rings. The minimum Gasteiger partial charge on any atom is -0.493 e. The molecule has 0 amide bonds. The lowest BCUT2D eigenvalue weighted by molar-refractivity contribution is 0.348. The summed E-state index contributed by atoms with van der Waals surface area (Å²) in [7, 11) is 3.30. The summed E-state index contributed by atoms with van der Waals surface area (Å²) in [6, 6.07) is 5.95. The van der Waals surface area contributed by atoms with Crippen LogP contribution in [0.3, 0.4) is 0 Å². The SMILES string of the molecule is COc1cccc([C@@H](N)C2CC2)c1OC.Cl. The van der Waals surface area contributed by atoms with Gasteiger partial charge in [-0.2, -0.15) is 0 Å². The van der Waals surface area contributed by atoms with Crippen molar-refractivity contribution in [2.24, 2.45) is 11.7 Å². The standard InChI is InChI=1S/C12H17NO2.ClH/c1-14-10-5-3-4-9(12(10)15-2)11(13)8-6-7-8;/h3-5,8,11H,6-7,13H2,1-2H3;1H/t11-;/m0./s1. The van der Waals surface area contributed by atoms with Crippen molar-refractivity contribution in [1.82, 2.24) is 0 Å². The van der Waals surface area contributed by atoms with Crippen LogP contribution >= 0.6 is 12.4 Å². The summed E-state index contributed by atoms with van der Waals surface area (Å²) in [5.41, 5.74) is 7.22. The molecule has 0 spiro atoms. The third kappa shape index (κ3) is 2.42. The van der Waals surface area contributed by atoms with E-state index in [0.29, 0.717) is 5.92 Å². The summed E-state index contributed by atoms with van der Waals surface area (Å²) in [5, 5.41) is 0. The van der Waals surface area contributed by atoms with Gasteiger partial charge in [0.1, 0.15) is 0 Å². The van der Waals surface area contributed by atoms with Gasteiger partial charge in [-0.05, 0) is 24.8 Å². The lowest BCUT2D eigenvalue weighted by Crippen LogP contribution is -2.13. The number of ether oxygens (including phenoxy) is 2. The fraction of sp³-hybridized carbons (Fsp3) is 0.500. The van der Waals surface area contributed by atoms with Gasteiger partial charge in [0.2, 0.25) is 0 Å². The number of hydrogen-bond donors (Lipinski definition) is 1. The fourth-order valence-corrected chi connectivity index (χ4v) is 1.88. The molecule has 0 unspecified atom stereocenters. The predicted molar refractivity (Wildman–Crippen MR) is 66.4 cm³/mol. The minimum atomic E-state index is 0. The van der Waals surface area contributed by atoms with Crippen molar-refractivity contribution in [2.45, 2.75) is 18.9 Å². The van der Waals surface area contributed by atoms with Gasteiger partial charge in [0.05, 0.1) is 14.2 Å². The summed E-state index contributed by atoms with van der Waals surface area (Å²) < 4.78 is 10.6. The maximum Gasteiger partial charge on any atom is 0.165 e. The van der Waals surface area contributed by atoms with Crippen LogP contribution in [0.5, 0.6) is 11.5 Å². The largest absolute Gasteiger partial charge is 0.493 e. The molecule has 1 fully saturated rings. The van der Waals surface area contributed by atoms with Crippen molar-refractivity contribution in [3.8, 4) is 11.5 Å². The summed E-state index contributed by atoms with van der Waals surface area (Å²) >= 11 is 0. The minimum absolute atomic E-state index is 0. The fourth-order valence-electron chi connectivity index (χ4n) is 1.88. The van der Waals surface area contributed by atoms with Crippen molar-refractivity contribution in [3.63, 3.8) is 0 Å². The number of halogens is 1. The lowest BCUT2D eigenvalue weighted by atomic mass is 10.0. The number of hydrogen-bond acceptors (Lipinski definition) is 3. The number of para-hydroxylation sites is 1. The van der Waals surface area contributed by atoms with E-state index in [1.165, 1.54) is 12.8 Å². The molecule has 0 bridgehead atoms. The van der Waals surface area contributed by atoms with Crippen LogP contribution in [-0.4, -0.2) is 14.2 Å². The van der Waals surface area contributed by atoms with Crippen LogP contribution in [0.15, 0.2) is 18.2 Å². The molecule has 0 radical (unpaired) electrons. The second-order valence-corrected chi connectivity index (χ2v) is 3.95. The van der Waals surface area contributed by atoms with Gasteiger partial charge in [-0.3, -0.25) is 0 Å². The Balaban J connectivity index is 0.00000128. The van der Waals surface area contributed by atoms with Crippen LogP contribution in [-0.2, 0) is 0 Å². The second-order valence-electron chi connectivity index (χ2n) is 3.95. The molecular weight excluding hydrogens is 226 g/mol. The number of rotatable bonds is 4. The topological polar surface area (TPSA) is 44.5 Å². The van der Waals surface area contributed by atoms with E-state index >= 15 is 0 Å². The van der Waals surface area contributed by atoms with E-state index in [1.807, 2.05) is 18.2 Å². The monoisotopic (exact) mass is 243 g/mol. The maximum absolute atomic E-state index is 6.16. The van der Waals surface area contributed by atoms with E-state index in [4.69, 9.17) is 15.2 Å². The quantitative estimate of drug-likeness (QED) is 0.884. The number of benzene rings is 1. The molecule has 90 valence electrons. The Hall–Kier alpha value is -0.930. The Morgan fingerprint density at radius 1 is 1.25 bits per heavy atom. The zero-order valence-electron chi connectivity index (χ0n) is 9.60. The van der Waals surface area contributed by atoms with Gasteiger partial charge in [0.25, 0.3) is 0 Å². The smallest absolute Gasteiger partial charge is 0.165 e. The Labute approximate surface area is 102 Å². The van der Waals surface area contributed by atoms with Gasteiger partial charge in [-0.1, -0.05) is 12.1 Å². The van der Waals surface area contributed by atoms with Crippen LogP contribution in [0.1, 0.15) is 24.4 Å². The third-order valence-electron chi connectivity index (χ3n) is 2.92. The van der Waals surface area contributed by atoms with Gasteiger partial charge >= 0.3 is 0 Å². The third-order valence-corrected chi connectivity index (χ3v) is 2.92. The molecule has 0 saturated heterocycles. The van der Waals surface area contributed by atoms with E-state index in [-0.39, 0.29) is 18.4 Å². The average Bonchev–Trinajstić information content (AvgIpc) is 3.10. The highest BCUT2D eigenvalue weighted by molar-refractivity contribution is 5.85. The molecule has 1 aromatic rings. The second kappa shape index (κ2) is 5.41. The van der Waals surface area contributed by atoms with Gasteiger partial charge in [-0.15, -0.1) is 12.4 Å². The average molecular weight is 244 g/mol. The summed E-state index contributed by atoms with van der Waals surface area (Å²) in [6.07, 6.45) is 2.45. The maximum atomic E-state index is 6.16. The van der Waals surface area contributed by atoms with E-state index < -0.39 is 0 Å². The Kier molecular flexibility index (Phi) is 4.44. The van der Waals surface area contributed by atoms with Gasteiger partial charge < -0.3 is 15.2 Å². The van der Waals surface area contributed by atoms with Gasteiger partial charge in [0.15, 0.2) is 11.5 Å². The molecule has 2 rings (SSSR count). The van der Waals surface area contributed by atoms with Crippen LogP contribution in [0.4, 0.5) is 0 Å². The van der Waals surface area contributed by atoms with Crippen LogP contribution in [0.2, 0.25) is 0 Å². The van der Waals surface area contributed by atoms with E-state index in [1.54, 1.807) is 14.2 Å². The Bertz CT molecular complexity index is 353. The lowest BCUT2D eigenvalue weighted by Gasteiger charge is -2.17. The first kappa shape index (κ1) is 13.1. The summed E-state index contributed by atoms with van der Waals surface area (Å²) in [6.45, 7) is 0. The molecule has 3 nitrogen and oxygen atoms in total. The first-order valence-electron chi connectivity index (χ1n) is 5.24. The summed E-state index contributed by atoms with van der Waals surface area (Å²) in [5.74, 6) is 2.15. The first-order chi connectivity index (χ1) is 7.27. The molecule has 16 heavy (non-hydrogen) atoms. The predicted octanol–water partition coefficient (Wildman–Crippen LogP) is 2.54. The van der Waals surface area contributed by atoms with Crippen LogP contribution in [0.25, 0.3) is 0 Å². The molecule has 1 atom stereocenters. The number of nitrogens with two attached hydrogens (primary N) is 1. The highest BCUT2D eigenvalue weighted by Gasteiger charge is 2.31. The van der Waals surface area contributed by atoms with Crippen molar-refractivity contribution >= 4 is 12.4 Å². The zero-order chi connectivity index (χ0) is 10.8. The highest BCUT2D eigenvalue weighted by Crippen LogP contribution is 2.44. The molecule has 2 N–H and O–H groups in total. The van der Waals surface area contributed by atoms with E-state index in [9.17, 15) is 0 Å². The van der Waals surface area contributed by atoms with Crippen LogP contribution < -0.4 is 15.2 Å². The molecule has 1 aromatic carbocycles. The molecule has 0 aromatic heterocycles. The van der Waals surface area contributed by atoms with Gasteiger partial charge in [-0.25, -0.2) is 0 Å². The highest BCUT2D eigenvalue weighted by atomic mass is 35.5.